The molecule has 7 heteroatoms. The third-order valence-electron chi connectivity index (χ3n) is 4.49. The quantitative estimate of drug-likeness (QED) is 0.517. The molecule has 146 valence electrons. The van der Waals surface area contributed by atoms with Gasteiger partial charge in [0, 0.05) is 50.6 Å². The number of guanidine groups is 1. The topological polar surface area (TPSA) is 83.3 Å². The van der Waals surface area contributed by atoms with Gasteiger partial charge < -0.3 is 16.0 Å². The summed E-state index contributed by atoms with van der Waals surface area (Å²) in [5.74, 6) is 0.784. The van der Waals surface area contributed by atoms with Crippen molar-refractivity contribution in [3.05, 3.63) is 46.8 Å². The van der Waals surface area contributed by atoms with Crippen LogP contribution in [0.5, 0.6) is 0 Å². The first-order chi connectivity index (χ1) is 12.9. The first-order valence-corrected chi connectivity index (χ1v) is 9.27. The molecule has 27 heavy (non-hydrogen) atoms. The molecule has 1 heterocycles. The van der Waals surface area contributed by atoms with Crippen LogP contribution in [-0.2, 0) is 24.9 Å². The van der Waals surface area contributed by atoms with E-state index in [1.807, 2.05) is 49.8 Å². The van der Waals surface area contributed by atoms with Crippen LogP contribution in [0.2, 0.25) is 0 Å². The number of carbonyl (C=O) groups is 1. The highest BCUT2D eigenvalue weighted by Gasteiger charge is 2.09. The van der Waals surface area contributed by atoms with E-state index in [9.17, 15) is 4.79 Å². The number of hydrogen-bond donors (Lipinski definition) is 3. The highest BCUT2D eigenvalue weighted by molar-refractivity contribution is 5.90. The second kappa shape index (κ2) is 9.75. The minimum atomic E-state index is 0.0500. The van der Waals surface area contributed by atoms with Crippen LogP contribution in [-0.4, -0.2) is 28.7 Å². The zero-order valence-electron chi connectivity index (χ0n) is 16.9. The van der Waals surface area contributed by atoms with Crippen LogP contribution < -0.4 is 16.0 Å². The summed E-state index contributed by atoms with van der Waals surface area (Å²) < 4.78 is 1.89. The second-order valence-corrected chi connectivity index (χ2v) is 6.55. The van der Waals surface area contributed by atoms with Crippen molar-refractivity contribution in [2.45, 2.75) is 46.7 Å². The number of benzene rings is 1. The Hall–Kier alpha value is -2.83. The van der Waals surface area contributed by atoms with Gasteiger partial charge in [-0.2, -0.15) is 5.10 Å². The van der Waals surface area contributed by atoms with Crippen LogP contribution in [0, 0.1) is 13.8 Å². The number of hydrogen-bond acceptors (Lipinski definition) is 3. The lowest BCUT2D eigenvalue weighted by molar-refractivity contribution is -0.116. The monoisotopic (exact) mass is 370 g/mol. The molecule has 0 aliphatic rings. The number of anilines is 1. The maximum atomic E-state index is 11.6. The number of aromatic nitrogens is 2. The van der Waals surface area contributed by atoms with E-state index in [1.54, 1.807) is 7.05 Å². The molecular weight excluding hydrogens is 340 g/mol. The average Bonchev–Trinajstić information content (AvgIpc) is 2.89. The van der Waals surface area contributed by atoms with Gasteiger partial charge >= 0.3 is 0 Å². The van der Waals surface area contributed by atoms with E-state index in [0.29, 0.717) is 19.5 Å². The molecule has 0 aliphatic heterocycles. The standard InChI is InChI=1S/C20H30N6O/c1-6-7-19(27)24-17-10-8-16(9-11-17)12-22-20(21-4)23-13-18-14(2)25-26(5)15(18)3/h8-11H,6-7,12-13H2,1-5H3,(H,24,27)(H2,21,22,23). The number of nitrogens with zero attached hydrogens (tertiary/aromatic N) is 3. The van der Waals surface area contributed by atoms with E-state index in [2.05, 4.69) is 33.0 Å². The Labute approximate surface area is 161 Å². The van der Waals surface area contributed by atoms with Gasteiger partial charge in [-0.15, -0.1) is 0 Å². The Kier molecular flexibility index (Phi) is 7.40. The van der Waals surface area contributed by atoms with E-state index in [-0.39, 0.29) is 5.91 Å². The predicted molar refractivity (Wildman–Crippen MR) is 110 cm³/mol. The van der Waals surface area contributed by atoms with E-state index in [0.717, 1.165) is 35.0 Å². The number of aliphatic imine (C=N–C) groups is 1. The molecule has 2 aromatic rings. The van der Waals surface area contributed by atoms with Crippen LogP contribution in [0.25, 0.3) is 0 Å². The number of amides is 1. The Morgan fingerprint density at radius 1 is 1.15 bits per heavy atom. The smallest absolute Gasteiger partial charge is 0.224 e. The second-order valence-electron chi connectivity index (χ2n) is 6.55. The SMILES string of the molecule is CCCC(=O)Nc1ccc(CNC(=NC)NCc2c(C)nn(C)c2C)cc1. The van der Waals surface area contributed by atoms with Gasteiger partial charge in [0.25, 0.3) is 0 Å². The largest absolute Gasteiger partial charge is 0.352 e. The normalized spacial score (nSPS) is 11.4. The van der Waals surface area contributed by atoms with Crippen molar-refractivity contribution in [2.24, 2.45) is 12.0 Å². The number of rotatable bonds is 7. The van der Waals surface area contributed by atoms with Crippen LogP contribution in [0.3, 0.4) is 0 Å². The Morgan fingerprint density at radius 2 is 1.81 bits per heavy atom. The van der Waals surface area contributed by atoms with Gasteiger partial charge in [0.15, 0.2) is 5.96 Å². The van der Waals surface area contributed by atoms with Gasteiger partial charge in [-0.3, -0.25) is 14.5 Å². The lowest BCUT2D eigenvalue weighted by atomic mass is 10.2. The van der Waals surface area contributed by atoms with Gasteiger partial charge in [-0.25, -0.2) is 0 Å². The summed E-state index contributed by atoms with van der Waals surface area (Å²) in [5.41, 5.74) is 5.30. The molecule has 1 aromatic heterocycles. The highest BCUT2D eigenvalue weighted by atomic mass is 16.1. The predicted octanol–water partition coefficient (Wildman–Crippen LogP) is 2.64. The third kappa shape index (κ3) is 5.84. The van der Waals surface area contributed by atoms with E-state index in [1.165, 1.54) is 5.56 Å². The molecule has 0 radical (unpaired) electrons. The number of nitrogens with one attached hydrogen (secondary N) is 3. The van der Waals surface area contributed by atoms with E-state index in [4.69, 9.17) is 0 Å². The summed E-state index contributed by atoms with van der Waals surface area (Å²) in [7, 11) is 3.71. The van der Waals surface area contributed by atoms with E-state index < -0.39 is 0 Å². The molecule has 0 aliphatic carbocycles. The summed E-state index contributed by atoms with van der Waals surface area (Å²) in [6, 6.07) is 7.83. The zero-order chi connectivity index (χ0) is 19.8. The molecule has 1 aromatic carbocycles. The molecule has 7 nitrogen and oxygen atoms in total. The first-order valence-electron chi connectivity index (χ1n) is 9.27. The van der Waals surface area contributed by atoms with Crippen molar-refractivity contribution >= 4 is 17.6 Å². The molecule has 0 atom stereocenters. The lowest BCUT2D eigenvalue weighted by Gasteiger charge is -2.13. The molecule has 1 amide bonds. The van der Waals surface area contributed by atoms with Crippen molar-refractivity contribution in [1.29, 1.82) is 0 Å². The Balaban J connectivity index is 1.86. The maximum Gasteiger partial charge on any atom is 0.224 e. The van der Waals surface area contributed by atoms with Crippen molar-refractivity contribution < 1.29 is 4.79 Å². The minimum absolute atomic E-state index is 0.0500. The Morgan fingerprint density at radius 3 is 2.37 bits per heavy atom. The van der Waals surface area contributed by atoms with Crippen molar-refractivity contribution in [3.8, 4) is 0 Å². The van der Waals surface area contributed by atoms with Crippen molar-refractivity contribution in [3.63, 3.8) is 0 Å². The third-order valence-corrected chi connectivity index (χ3v) is 4.49. The van der Waals surface area contributed by atoms with Crippen molar-refractivity contribution in [1.82, 2.24) is 20.4 Å². The van der Waals surface area contributed by atoms with Crippen LogP contribution in [0.1, 0.15) is 42.3 Å². The summed E-state index contributed by atoms with van der Waals surface area (Å²) >= 11 is 0. The fourth-order valence-electron chi connectivity index (χ4n) is 2.81. The van der Waals surface area contributed by atoms with Gasteiger partial charge in [-0.1, -0.05) is 19.1 Å². The number of aryl methyl sites for hydroxylation is 2. The van der Waals surface area contributed by atoms with E-state index >= 15 is 0 Å². The number of carbonyl (C=O) groups excluding carboxylic acids is 1. The lowest BCUT2D eigenvalue weighted by Crippen LogP contribution is -2.36. The fourth-order valence-corrected chi connectivity index (χ4v) is 2.81. The van der Waals surface area contributed by atoms with Crippen LogP contribution in [0.15, 0.2) is 29.3 Å². The van der Waals surface area contributed by atoms with Gasteiger partial charge in [0.05, 0.1) is 5.69 Å². The molecule has 2 rings (SSSR count). The molecule has 0 spiro atoms. The van der Waals surface area contributed by atoms with Crippen molar-refractivity contribution in [2.75, 3.05) is 12.4 Å². The summed E-state index contributed by atoms with van der Waals surface area (Å²) in [6.07, 6.45) is 1.39. The molecule has 3 N–H and O–H groups in total. The maximum absolute atomic E-state index is 11.6. The first kappa shape index (κ1) is 20.5. The summed E-state index contributed by atoms with van der Waals surface area (Å²) in [6.45, 7) is 7.39. The molecule has 0 saturated heterocycles. The molecule has 0 bridgehead atoms. The summed E-state index contributed by atoms with van der Waals surface area (Å²) in [5, 5.41) is 14.0. The highest BCUT2D eigenvalue weighted by Crippen LogP contribution is 2.12. The zero-order valence-corrected chi connectivity index (χ0v) is 16.9. The van der Waals surface area contributed by atoms with Gasteiger partial charge in [0.2, 0.25) is 5.91 Å². The molecular formula is C20H30N6O. The molecule has 0 unspecified atom stereocenters. The fraction of sp³-hybridized carbons (Fsp3) is 0.450. The average molecular weight is 371 g/mol. The van der Waals surface area contributed by atoms with Gasteiger partial charge in [-0.05, 0) is 38.0 Å². The van der Waals surface area contributed by atoms with Gasteiger partial charge in [0.1, 0.15) is 0 Å². The van der Waals surface area contributed by atoms with Crippen LogP contribution >= 0.6 is 0 Å². The molecule has 0 saturated carbocycles. The van der Waals surface area contributed by atoms with Crippen LogP contribution in [0.4, 0.5) is 5.69 Å². The minimum Gasteiger partial charge on any atom is -0.352 e. The summed E-state index contributed by atoms with van der Waals surface area (Å²) in [4.78, 5) is 15.9. The molecule has 0 fully saturated rings. The Bertz CT molecular complexity index is 792.